The van der Waals surface area contributed by atoms with Gasteiger partial charge >= 0.3 is 6.16 Å². The summed E-state index contributed by atoms with van der Waals surface area (Å²) >= 11 is 0. The summed E-state index contributed by atoms with van der Waals surface area (Å²) in [7, 11) is 0. The molecule has 0 amide bonds. The molecule has 1 aromatic rings. The molecule has 0 N–H and O–H groups in total. The lowest BCUT2D eigenvalue weighted by molar-refractivity contribution is -0.522. The van der Waals surface area contributed by atoms with Crippen LogP contribution in [0.2, 0.25) is 0 Å². The van der Waals surface area contributed by atoms with Gasteiger partial charge in [0.25, 0.3) is 5.79 Å². The van der Waals surface area contributed by atoms with Crippen LogP contribution in [-0.2, 0) is 24.7 Å². The summed E-state index contributed by atoms with van der Waals surface area (Å²) in [5, 5.41) is 0. The van der Waals surface area contributed by atoms with Crippen LogP contribution in [0.15, 0.2) is 30.3 Å². The molecule has 0 spiro atoms. The second kappa shape index (κ2) is 5.31. The maximum Gasteiger partial charge on any atom is 0.511 e. The second-order valence-corrected chi connectivity index (χ2v) is 6.43. The zero-order valence-electron chi connectivity index (χ0n) is 13.1. The van der Waals surface area contributed by atoms with Gasteiger partial charge in [0.05, 0.1) is 0 Å². The first-order valence-electron chi connectivity index (χ1n) is 6.94. The Bertz CT molecular complexity index is 503. The number of carbonyl (C=O) groups excluding carboxylic acids is 1. The Morgan fingerprint density at radius 3 is 2.24 bits per heavy atom. The molecule has 0 aliphatic carbocycles. The molecule has 21 heavy (non-hydrogen) atoms. The van der Waals surface area contributed by atoms with E-state index in [2.05, 4.69) is 4.89 Å². The van der Waals surface area contributed by atoms with E-state index in [0.717, 1.165) is 5.56 Å². The fourth-order valence-electron chi connectivity index (χ4n) is 2.01. The zero-order valence-corrected chi connectivity index (χ0v) is 13.1. The van der Waals surface area contributed by atoms with Gasteiger partial charge in [0.2, 0.25) is 0 Å². The lowest BCUT2D eigenvalue weighted by atomic mass is 9.72. The summed E-state index contributed by atoms with van der Waals surface area (Å²) < 4.78 is 10.7. The topological polar surface area (TPSA) is 54.0 Å². The van der Waals surface area contributed by atoms with Crippen LogP contribution in [0.1, 0.15) is 40.2 Å². The number of rotatable bonds is 4. The average Bonchev–Trinajstić information content (AvgIpc) is 2.37. The minimum atomic E-state index is -1.05. The minimum absolute atomic E-state index is 0.199. The van der Waals surface area contributed by atoms with Crippen molar-refractivity contribution in [3.8, 4) is 0 Å². The number of ether oxygens (including phenoxy) is 2. The molecule has 1 saturated heterocycles. The molecule has 1 unspecified atom stereocenters. The van der Waals surface area contributed by atoms with Gasteiger partial charge in [-0.2, -0.15) is 4.89 Å². The van der Waals surface area contributed by atoms with Crippen LogP contribution in [0.4, 0.5) is 4.79 Å². The summed E-state index contributed by atoms with van der Waals surface area (Å²) in [6, 6.07) is 9.91. The Labute approximate surface area is 125 Å². The first-order valence-corrected chi connectivity index (χ1v) is 6.94. The minimum Gasteiger partial charge on any atom is -0.427 e. The molecular formula is C16H22O5. The van der Waals surface area contributed by atoms with Crippen LogP contribution in [0.25, 0.3) is 0 Å². The monoisotopic (exact) mass is 294 g/mol. The maximum absolute atomic E-state index is 12.0. The Morgan fingerprint density at radius 1 is 1.19 bits per heavy atom. The Morgan fingerprint density at radius 2 is 1.76 bits per heavy atom. The van der Waals surface area contributed by atoms with Gasteiger partial charge in [0.15, 0.2) is 6.61 Å². The zero-order chi connectivity index (χ0) is 15.7. The van der Waals surface area contributed by atoms with Gasteiger partial charge < -0.3 is 9.47 Å². The van der Waals surface area contributed by atoms with Gasteiger partial charge in [0.1, 0.15) is 5.60 Å². The van der Waals surface area contributed by atoms with E-state index in [9.17, 15) is 4.79 Å². The van der Waals surface area contributed by atoms with Crippen LogP contribution < -0.4 is 0 Å². The number of hydrogen-bond acceptors (Lipinski definition) is 5. The summed E-state index contributed by atoms with van der Waals surface area (Å²) in [4.78, 5) is 21.3. The Kier molecular flexibility index (Phi) is 4.00. The third-order valence-corrected chi connectivity index (χ3v) is 4.19. The third kappa shape index (κ3) is 3.19. The van der Waals surface area contributed by atoms with E-state index in [4.69, 9.17) is 14.4 Å². The van der Waals surface area contributed by atoms with E-state index >= 15 is 0 Å². The van der Waals surface area contributed by atoms with E-state index in [1.807, 2.05) is 58.0 Å². The highest BCUT2D eigenvalue weighted by Gasteiger charge is 2.46. The molecule has 1 fully saturated rings. The molecule has 1 aromatic carbocycles. The molecule has 1 aliphatic heterocycles. The smallest absolute Gasteiger partial charge is 0.427 e. The standard InChI is InChI=1S/C16H22O5/c1-14(2,12-9-7-6-8-10-12)15(3,4)19-13(17)20-16(5)11-18-21-16/h6-10H,11H2,1-5H3. The highest BCUT2D eigenvalue weighted by Crippen LogP contribution is 2.38. The van der Waals surface area contributed by atoms with Crippen molar-refractivity contribution in [1.29, 1.82) is 0 Å². The van der Waals surface area contributed by atoms with Crippen LogP contribution in [0, 0.1) is 0 Å². The van der Waals surface area contributed by atoms with Crippen molar-refractivity contribution in [3.05, 3.63) is 35.9 Å². The van der Waals surface area contributed by atoms with E-state index in [1.54, 1.807) is 6.92 Å². The van der Waals surface area contributed by atoms with Crippen molar-refractivity contribution in [1.82, 2.24) is 0 Å². The van der Waals surface area contributed by atoms with Crippen molar-refractivity contribution in [3.63, 3.8) is 0 Å². The normalized spacial score (nSPS) is 22.3. The molecule has 0 aromatic heterocycles. The molecule has 2 rings (SSSR count). The number of carbonyl (C=O) groups is 1. The third-order valence-electron chi connectivity index (χ3n) is 4.19. The van der Waals surface area contributed by atoms with E-state index in [1.165, 1.54) is 0 Å². The molecule has 0 radical (unpaired) electrons. The van der Waals surface area contributed by atoms with Crippen LogP contribution >= 0.6 is 0 Å². The lowest BCUT2D eigenvalue weighted by Crippen LogP contribution is -2.51. The van der Waals surface area contributed by atoms with Gasteiger partial charge in [-0.3, -0.25) is 0 Å². The Balaban J connectivity index is 2.08. The van der Waals surface area contributed by atoms with Crippen molar-refractivity contribution in [2.45, 2.75) is 51.4 Å². The SMILES string of the molecule is CC1(OC(=O)OC(C)(C)C(C)(C)c2ccccc2)COO1. The quantitative estimate of drug-likeness (QED) is 0.627. The van der Waals surface area contributed by atoms with Crippen molar-refractivity contribution < 1.29 is 24.0 Å². The predicted octanol–water partition coefficient (Wildman–Crippen LogP) is 3.57. The van der Waals surface area contributed by atoms with E-state index in [-0.39, 0.29) is 12.0 Å². The van der Waals surface area contributed by atoms with Crippen molar-refractivity contribution in [2.24, 2.45) is 0 Å². The van der Waals surface area contributed by atoms with Crippen LogP contribution in [-0.4, -0.2) is 24.2 Å². The number of hydrogen-bond donors (Lipinski definition) is 0. The molecule has 1 atom stereocenters. The van der Waals surface area contributed by atoms with Gasteiger partial charge in [-0.05, 0) is 19.4 Å². The highest BCUT2D eigenvalue weighted by molar-refractivity contribution is 5.61. The van der Waals surface area contributed by atoms with E-state index < -0.39 is 17.5 Å². The number of benzene rings is 1. The van der Waals surface area contributed by atoms with Gasteiger partial charge in [-0.1, -0.05) is 44.2 Å². The first kappa shape index (κ1) is 15.8. The fraction of sp³-hybridized carbons (Fsp3) is 0.562. The lowest BCUT2D eigenvalue weighted by Gasteiger charge is -2.42. The summed E-state index contributed by atoms with van der Waals surface area (Å²) in [6.07, 6.45) is -0.769. The average molecular weight is 294 g/mol. The summed E-state index contributed by atoms with van der Waals surface area (Å²) in [5.41, 5.74) is -0.0605. The second-order valence-electron chi connectivity index (χ2n) is 6.43. The first-order chi connectivity index (χ1) is 9.66. The molecule has 1 aliphatic rings. The van der Waals surface area contributed by atoms with Gasteiger partial charge in [-0.25, -0.2) is 9.68 Å². The van der Waals surface area contributed by atoms with Gasteiger partial charge in [-0.15, -0.1) is 0 Å². The largest absolute Gasteiger partial charge is 0.511 e. The van der Waals surface area contributed by atoms with Crippen LogP contribution in [0.5, 0.6) is 0 Å². The maximum atomic E-state index is 12.0. The predicted molar refractivity (Wildman–Crippen MR) is 76.6 cm³/mol. The van der Waals surface area contributed by atoms with Crippen molar-refractivity contribution >= 4 is 6.16 Å². The van der Waals surface area contributed by atoms with E-state index in [0.29, 0.717) is 0 Å². The van der Waals surface area contributed by atoms with Crippen molar-refractivity contribution in [2.75, 3.05) is 6.61 Å². The van der Waals surface area contributed by atoms with Crippen LogP contribution in [0.3, 0.4) is 0 Å². The molecular weight excluding hydrogens is 272 g/mol. The highest BCUT2D eigenvalue weighted by atomic mass is 17.3. The molecule has 5 nitrogen and oxygen atoms in total. The molecule has 5 heteroatoms. The Hall–Kier alpha value is -1.59. The fourth-order valence-corrected chi connectivity index (χ4v) is 2.01. The summed E-state index contributed by atoms with van der Waals surface area (Å²) in [6.45, 7) is 9.60. The molecule has 0 saturated carbocycles. The molecule has 1 heterocycles. The summed E-state index contributed by atoms with van der Waals surface area (Å²) in [5.74, 6) is -1.05. The molecule has 0 bridgehead atoms. The molecule has 116 valence electrons. The van der Waals surface area contributed by atoms with Gasteiger partial charge in [0, 0.05) is 12.3 Å².